The van der Waals surface area contributed by atoms with Crippen LogP contribution in [0.3, 0.4) is 0 Å². The summed E-state index contributed by atoms with van der Waals surface area (Å²) in [5.41, 5.74) is 0.509. The monoisotopic (exact) mass is 222 g/mol. The largest absolute Gasteiger partial charge is 0.466 e. The molecule has 1 aliphatic rings. The molecule has 1 rings (SSSR count). The van der Waals surface area contributed by atoms with E-state index in [4.69, 9.17) is 4.74 Å². The number of ketones is 1. The predicted molar refractivity (Wildman–Crippen MR) is 61.9 cm³/mol. The summed E-state index contributed by atoms with van der Waals surface area (Å²) in [6.45, 7) is 5.96. The predicted octanol–water partition coefficient (Wildman–Crippen LogP) is 2.42. The molecular weight excluding hydrogens is 204 g/mol. The number of carbonyl (C=O) groups is 2. The molecule has 0 fully saturated rings. The summed E-state index contributed by atoms with van der Waals surface area (Å²) in [4.78, 5) is 22.9. The molecule has 3 heteroatoms. The summed E-state index contributed by atoms with van der Waals surface area (Å²) in [7, 11) is 0. The van der Waals surface area contributed by atoms with Gasteiger partial charge in [0, 0.05) is 11.8 Å². The Balaban J connectivity index is 2.60. The summed E-state index contributed by atoms with van der Waals surface area (Å²) >= 11 is 0. The minimum atomic E-state index is -0.485. The van der Waals surface area contributed by atoms with Crippen molar-refractivity contribution in [1.29, 1.82) is 0 Å². The molecule has 0 aromatic heterocycles. The Bertz CT molecular complexity index is 348. The fourth-order valence-electron chi connectivity index (χ4n) is 1.69. The molecule has 16 heavy (non-hydrogen) atoms. The second-order valence-electron chi connectivity index (χ2n) is 4.35. The van der Waals surface area contributed by atoms with Crippen molar-refractivity contribution in [1.82, 2.24) is 0 Å². The van der Waals surface area contributed by atoms with Crippen molar-refractivity contribution in [3.05, 3.63) is 23.8 Å². The van der Waals surface area contributed by atoms with Crippen molar-refractivity contribution in [3.8, 4) is 0 Å². The Morgan fingerprint density at radius 2 is 2.12 bits per heavy atom. The Labute approximate surface area is 96.2 Å². The van der Waals surface area contributed by atoms with Crippen molar-refractivity contribution in [2.24, 2.45) is 5.41 Å². The van der Waals surface area contributed by atoms with Gasteiger partial charge in [-0.3, -0.25) is 9.59 Å². The third kappa shape index (κ3) is 2.81. The van der Waals surface area contributed by atoms with E-state index < -0.39 is 5.41 Å². The highest BCUT2D eigenvalue weighted by Crippen LogP contribution is 2.33. The van der Waals surface area contributed by atoms with Gasteiger partial charge < -0.3 is 4.74 Å². The second kappa shape index (κ2) is 5.10. The summed E-state index contributed by atoms with van der Waals surface area (Å²) in [6.07, 6.45) is 6.16. The van der Waals surface area contributed by atoms with Crippen LogP contribution in [-0.4, -0.2) is 18.4 Å². The number of carbonyl (C=O) groups excluding carboxylic acids is 2. The summed E-state index contributed by atoms with van der Waals surface area (Å²) < 4.78 is 4.86. The maximum atomic E-state index is 11.7. The van der Waals surface area contributed by atoms with Gasteiger partial charge in [0.05, 0.1) is 6.61 Å². The molecule has 0 spiro atoms. The van der Waals surface area contributed by atoms with Crippen LogP contribution in [0.25, 0.3) is 0 Å². The normalized spacial score (nSPS) is 18.2. The number of allylic oxidation sites excluding steroid dienone is 4. The highest BCUT2D eigenvalue weighted by atomic mass is 16.5. The van der Waals surface area contributed by atoms with Gasteiger partial charge in [0.2, 0.25) is 0 Å². The summed E-state index contributed by atoms with van der Waals surface area (Å²) in [6, 6.07) is 0. The van der Waals surface area contributed by atoms with E-state index in [0.29, 0.717) is 19.4 Å². The molecule has 0 aromatic rings. The van der Waals surface area contributed by atoms with Crippen molar-refractivity contribution < 1.29 is 14.3 Å². The minimum Gasteiger partial charge on any atom is -0.466 e. The topological polar surface area (TPSA) is 43.4 Å². The average molecular weight is 222 g/mol. The molecule has 0 saturated heterocycles. The summed E-state index contributed by atoms with van der Waals surface area (Å²) in [5.74, 6) is -0.116. The maximum absolute atomic E-state index is 11.7. The van der Waals surface area contributed by atoms with Gasteiger partial charge in [-0.25, -0.2) is 0 Å². The van der Waals surface area contributed by atoms with Gasteiger partial charge >= 0.3 is 5.97 Å². The van der Waals surface area contributed by atoms with E-state index in [1.165, 1.54) is 0 Å². The van der Waals surface area contributed by atoms with Gasteiger partial charge in [-0.1, -0.05) is 17.7 Å². The zero-order valence-corrected chi connectivity index (χ0v) is 10.1. The van der Waals surface area contributed by atoms with Gasteiger partial charge in [0.25, 0.3) is 0 Å². The molecule has 0 unspecified atom stereocenters. The molecule has 3 nitrogen and oxygen atoms in total. The second-order valence-corrected chi connectivity index (χ2v) is 4.35. The first-order valence-corrected chi connectivity index (χ1v) is 5.56. The van der Waals surface area contributed by atoms with Crippen LogP contribution in [0.5, 0.6) is 0 Å². The SMILES string of the molecule is CCOC(=O)CCC1=CC=CC(=O)C1(C)C. The molecule has 0 bridgehead atoms. The van der Waals surface area contributed by atoms with Crippen LogP contribution in [0.2, 0.25) is 0 Å². The Hall–Kier alpha value is -1.38. The molecule has 0 radical (unpaired) electrons. The molecule has 0 N–H and O–H groups in total. The lowest BCUT2D eigenvalue weighted by molar-refractivity contribution is -0.143. The Kier molecular flexibility index (Phi) is 4.05. The molecule has 88 valence electrons. The molecule has 0 amide bonds. The van der Waals surface area contributed by atoms with E-state index in [0.717, 1.165) is 5.57 Å². The van der Waals surface area contributed by atoms with E-state index in [-0.39, 0.29) is 11.8 Å². The van der Waals surface area contributed by atoms with Gasteiger partial charge in [-0.2, -0.15) is 0 Å². The number of hydrogen-bond acceptors (Lipinski definition) is 3. The smallest absolute Gasteiger partial charge is 0.306 e. The zero-order valence-electron chi connectivity index (χ0n) is 10.1. The van der Waals surface area contributed by atoms with Crippen molar-refractivity contribution >= 4 is 11.8 Å². The van der Waals surface area contributed by atoms with Crippen LogP contribution < -0.4 is 0 Å². The van der Waals surface area contributed by atoms with Crippen LogP contribution in [0.1, 0.15) is 33.6 Å². The Morgan fingerprint density at radius 1 is 1.44 bits per heavy atom. The fraction of sp³-hybridized carbons (Fsp3) is 0.538. The molecule has 0 saturated carbocycles. The minimum absolute atomic E-state index is 0.0915. The van der Waals surface area contributed by atoms with Crippen LogP contribution in [-0.2, 0) is 14.3 Å². The lowest BCUT2D eigenvalue weighted by atomic mass is 9.75. The van der Waals surface area contributed by atoms with E-state index >= 15 is 0 Å². The van der Waals surface area contributed by atoms with Gasteiger partial charge in [0.1, 0.15) is 0 Å². The first-order chi connectivity index (χ1) is 7.48. The zero-order chi connectivity index (χ0) is 12.2. The lowest BCUT2D eigenvalue weighted by Gasteiger charge is -2.27. The number of hydrogen-bond donors (Lipinski definition) is 0. The van der Waals surface area contributed by atoms with Crippen molar-refractivity contribution in [2.75, 3.05) is 6.61 Å². The van der Waals surface area contributed by atoms with Crippen LogP contribution in [0.15, 0.2) is 23.8 Å². The standard InChI is InChI=1S/C13H18O3/c1-4-16-12(15)9-8-10-6-5-7-11(14)13(10,2)3/h5-7H,4,8-9H2,1-3H3. The van der Waals surface area contributed by atoms with E-state index in [1.807, 2.05) is 19.9 Å². The van der Waals surface area contributed by atoms with E-state index in [2.05, 4.69) is 0 Å². The highest BCUT2D eigenvalue weighted by molar-refractivity contribution is 5.98. The van der Waals surface area contributed by atoms with Crippen LogP contribution in [0.4, 0.5) is 0 Å². The average Bonchev–Trinajstić information content (AvgIpc) is 2.21. The van der Waals surface area contributed by atoms with E-state index in [1.54, 1.807) is 19.1 Å². The number of esters is 1. The summed E-state index contributed by atoms with van der Waals surface area (Å²) in [5, 5.41) is 0. The molecular formula is C13H18O3. The van der Waals surface area contributed by atoms with Crippen LogP contribution in [0, 0.1) is 5.41 Å². The lowest BCUT2D eigenvalue weighted by Crippen LogP contribution is -2.27. The molecule has 0 aromatic carbocycles. The van der Waals surface area contributed by atoms with Crippen LogP contribution >= 0.6 is 0 Å². The first-order valence-electron chi connectivity index (χ1n) is 5.56. The first kappa shape index (κ1) is 12.7. The van der Waals surface area contributed by atoms with Gasteiger partial charge in [0.15, 0.2) is 5.78 Å². The van der Waals surface area contributed by atoms with E-state index in [9.17, 15) is 9.59 Å². The number of rotatable bonds is 4. The molecule has 1 aliphatic carbocycles. The Morgan fingerprint density at radius 3 is 2.75 bits per heavy atom. The molecule has 0 heterocycles. The molecule has 0 aliphatic heterocycles. The fourth-order valence-corrected chi connectivity index (χ4v) is 1.69. The maximum Gasteiger partial charge on any atom is 0.306 e. The van der Waals surface area contributed by atoms with Gasteiger partial charge in [-0.05, 0) is 33.3 Å². The van der Waals surface area contributed by atoms with Gasteiger partial charge in [-0.15, -0.1) is 0 Å². The third-order valence-corrected chi connectivity index (χ3v) is 2.87. The highest BCUT2D eigenvalue weighted by Gasteiger charge is 2.31. The quantitative estimate of drug-likeness (QED) is 0.686. The van der Waals surface area contributed by atoms with Crippen molar-refractivity contribution in [2.45, 2.75) is 33.6 Å². The third-order valence-electron chi connectivity index (χ3n) is 2.87. The molecule has 0 atom stereocenters. The van der Waals surface area contributed by atoms with Crippen molar-refractivity contribution in [3.63, 3.8) is 0 Å². The number of ether oxygens (including phenoxy) is 1.